The van der Waals surface area contributed by atoms with Gasteiger partial charge in [-0.2, -0.15) is 0 Å². The Morgan fingerprint density at radius 3 is 2.79 bits per heavy atom. The van der Waals surface area contributed by atoms with Crippen molar-refractivity contribution in [3.63, 3.8) is 0 Å². The summed E-state index contributed by atoms with van der Waals surface area (Å²) < 4.78 is 0. The Hall–Kier alpha value is -2.27. The zero-order valence-corrected chi connectivity index (χ0v) is 14.2. The molecule has 0 bridgehead atoms. The van der Waals surface area contributed by atoms with E-state index >= 15 is 0 Å². The molecule has 3 aromatic rings. The lowest BCUT2D eigenvalue weighted by atomic mass is 10.1. The van der Waals surface area contributed by atoms with Crippen molar-refractivity contribution in [1.29, 1.82) is 0 Å². The van der Waals surface area contributed by atoms with Crippen LogP contribution in [0.1, 0.15) is 45.8 Å². The standard InChI is InChI=1S/C19H19N3OS/c23-18(20-11-13-7-3-1-4-8-13)17-16-14-9-5-2-6-10-15(14)24-19(16)22-12-21-17/h1,3-4,7-8,12H,2,5-6,9-11H2,(H,20,23). The molecule has 0 saturated heterocycles. The van der Waals surface area contributed by atoms with Crippen LogP contribution in [0.15, 0.2) is 36.7 Å². The average Bonchev–Trinajstić information content (AvgIpc) is 2.82. The molecule has 2 heterocycles. The van der Waals surface area contributed by atoms with Gasteiger partial charge in [0.1, 0.15) is 16.9 Å². The largest absolute Gasteiger partial charge is 0.347 e. The van der Waals surface area contributed by atoms with Crippen LogP contribution < -0.4 is 5.32 Å². The molecule has 1 N–H and O–H groups in total. The van der Waals surface area contributed by atoms with Crippen LogP contribution in [0.2, 0.25) is 0 Å². The fourth-order valence-corrected chi connectivity index (χ4v) is 4.53. The summed E-state index contributed by atoms with van der Waals surface area (Å²) in [7, 11) is 0. The third-order valence-corrected chi connectivity index (χ3v) is 5.71. The van der Waals surface area contributed by atoms with Crippen molar-refractivity contribution >= 4 is 27.5 Å². The van der Waals surface area contributed by atoms with Gasteiger partial charge in [-0.25, -0.2) is 9.97 Å². The Morgan fingerprint density at radius 1 is 1.08 bits per heavy atom. The molecule has 1 amide bonds. The number of thiophene rings is 1. The molecular weight excluding hydrogens is 318 g/mol. The molecule has 0 atom stereocenters. The van der Waals surface area contributed by atoms with Crippen LogP contribution in [-0.2, 0) is 19.4 Å². The number of nitrogens with zero attached hydrogens (tertiary/aromatic N) is 2. The van der Waals surface area contributed by atoms with E-state index in [9.17, 15) is 4.79 Å². The number of benzene rings is 1. The molecule has 5 heteroatoms. The maximum Gasteiger partial charge on any atom is 0.270 e. The van der Waals surface area contributed by atoms with E-state index in [1.165, 1.54) is 36.0 Å². The van der Waals surface area contributed by atoms with Crippen molar-refractivity contribution < 1.29 is 4.79 Å². The SMILES string of the molecule is O=C(NCc1ccccc1)c1ncnc2sc3c(c12)CCCCC3. The van der Waals surface area contributed by atoms with Crippen LogP contribution in [0.3, 0.4) is 0 Å². The van der Waals surface area contributed by atoms with Gasteiger partial charge in [-0.1, -0.05) is 36.8 Å². The second-order valence-electron chi connectivity index (χ2n) is 6.14. The van der Waals surface area contributed by atoms with E-state index in [1.54, 1.807) is 11.3 Å². The van der Waals surface area contributed by atoms with Crippen molar-refractivity contribution in [1.82, 2.24) is 15.3 Å². The Bertz CT molecular complexity index is 873. The van der Waals surface area contributed by atoms with Gasteiger partial charge in [-0.05, 0) is 36.8 Å². The number of nitrogens with one attached hydrogen (secondary N) is 1. The van der Waals surface area contributed by atoms with Gasteiger partial charge in [-0.15, -0.1) is 11.3 Å². The molecule has 0 fully saturated rings. The molecule has 1 aliphatic rings. The van der Waals surface area contributed by atoms with Crippen LogP contribution >= 0.6 is 11.3 Å². The van der Waals surface area contributed by atoms with Gasteiger partial charge in [0.05, 0.1) is 0 Å². The third kappa shape index (κ3) is 2.91. The number of hydrogen-bond donors (Lipinski definition) is 1. The lowest BCUT2D eigenvalue weighted by Crippen LogP contribution is -2.24. The van der Waals surface area contributed by atoms with Crippen LogP contribution in [0.4, 0.5) is 0 Å². The predicted octanol–water partition coefficient (Wildman–Crippen LogP) is 3.89. The van der Waals surface area contributed by atoms with Gasteiger partial charge >= 0.3 is 0 Å². The Balaban J connectivity index is 1.66. The number of rotatable bonds is 3. The van der Waals surface area contributed by atoms with Gasteiger partial charge in [-0.3, -0.25) is 4.79 Å². The number of amides is 1. The van der Waals surface area contributed by atoms with Gasteiger partial charge < -0.3 is 5.32 Å². The van der Waals surface area contributed by atoms with Crippen molar-refractivity contribution in [2.24, 2.45) is 0 Å². The Kier molecular flexibility index (Phi) is 4.26. The van der Waals surface area contributed by atoms with Crippen molar-refractivity contribution in [3.8, 4) is 0 Å². The highest BCUT2D eigenvalue weighted by molar-refractivity contribution is 7.18. The van der Waals surface area contributed by atoms with Gasteiger partial charge in [0, 0.05) is 16.8 Å². The first-order valence-corrected chi connectivity index (χ1v) is 9.22. The van der Waals surface area contributed by atoms with E-state index in [2.05, 4.69) is 15.3 Å². The highest BCUT2D eigenvalue weighted by atomic mass is 32.1. The molecular formula is C19H19N3OS. The minimum Gasteiger partial charge on any atom is -0.347 e. The highest BCUT2D eigenvalue weighted by Gasteiger charge is 2.21. The predicted molar refractivity (Wildman–Crippen MR) is 96.3 cm³/mol. The summed E-state index contributed by atoms with van der Waals surface area (Å²) in [6.07, 6.45) is 7.30. The molecule has 1 aliphatic carbocycles. The minimum absolute atomic E-state index is 0.115. The molecule has 4 rings (SSSR count). The number of aromatic nitrogens is 2. The molecule has 0 unspecified atom stereocenters. The van der Waals surface area contributed by atoms with Crippen LogP contribution in [0.5, 0.6) is 0 Å². The smallest absolute Gasteiger partial charge is 0.270 e. The normalized spacial score (nSPS) is 14.2. The van der Waals surface area contributed by atoms with Gasteiger partial charge in [0.2, 0.25) is 0 Å². The number of fused-ring (bicyclic) bond motifs is 3. The van der Waals surface area contributed by atoms with Gasteiger partial charge in [0.15, 0.2) is 0 Å². The topological polar surface area (TPSA) is 54.9 Å². The number of aryl methyl sites for hydroxylation is 2. The second-order valence-corrected chi connectivity index (χ2v) is 7.22. The summed E-state index contributed by atoms with van der Waals surface area (Å²) in [4.78, 5) is 23.8. The fourth-order valence-electron chi connectivity index (χ4n) is 3.30. The first-order valence-electron chi connectivity index (χ1n) is 8.40. The summed E-state index contributed by atoms with van der Waals surface area (Å²) in [6, 6.07) is 9.94. The van der Waals surface area contributed by atoms with Crippen LogP contribution in [0, 0.1) is 0 Å². The molecule has 24 heavy (non-hydrogen) atoms. The number of carbonyl (C=O) groups excluding carboxylic acids is 1. The number of hydrogen-bond acceptors (Lipinski definition) is 4. The first kappa shape index (κ1) is 15.3. The molecule has 4 nitrogen and oxygen atoms in total. The quantitative estimate of drug-likeness (QED) is 0.738. The Morgan fingerprint density at radius 2 is 1.92 bits per heavy atom. The minimum atomic E-state index is -0.115. The molecule has 0 saturated carbocycles. The summed E-state index contributed by atoms with van der Waals surface area (Å²) in [5.41, 5.74) is 2.91. The maximum absolute atomic E-state index is 12.7. The summed E-state index contributed by atoms with van der Waals surface area (Å²) in [5.74, 6) is -0.115. The molecule has 1 aromatic carbocycles. The Labute approximate surface area is 145 Å². The molecule has 0 radical (unpaired) electrons. The van der Waals surface area contributed by atoms with E-state index in [1.807, 2.05) is 30.3 Å². The molecule has 122 valence electrons. The molecule has 0 spiro atoms. The van der Waals surface area contributed by atoms with Crippen molar-refractivity contribution in [2.75, 3.05) is 0 Å². The summed E-state index contributed by atoms with van der Waals surface area (Å²) in [6.45, 7) is 0.511. The number of carbonyl (C=O) groups is 1. The van der Waals surface area contributed by atoms with Crippen molar-refractivity contribution in [3.05, 3.63) is 58.4 Å². The lowest BCUT2D eigenvalue weighted by molar-refractivity contribution is 0.0947. The summed E-state index contributed by atoms with van der Waals surface area (Å²) >= 11 is 1.73. The average molecular weight is 337 g/mol. The van der Waals surface area contributed by atoms with Gasteiger partial charge in [0.25, 0.3) is 5.91 Å². The van der Waals surface area contributed by atoms with E-state index in [0.29, 0.717) is 12.2 Å². The van der Waals surface area contributed by atoms with Crippen molar-refractivity contribution in [2.45, 2.75) is 38.6 Å². The van der Waals surface area contributed by atoms with E-state index in [0.717, 1.165) is 28.6 Å². The summed E-state index contributed by atoms with van der Waals surface area (Å²) in [5, 5.41) is 3.97. The molecule has 0 aliphatic heterocycles. The monoisotopic (exact) mass is 337 g/mol. The molecule has 2 aromatic heterocycles. The maximum atomic E-state index is 12.7. The van der Waals surface area contributed by atoms with Crippen LogP contribution in [0.25, 0.3) is 10.2 Å². The van der Waals surface area contributed by atoms with Crippen LogP contribution in [-0.4, -0.2) is 15.9 Å². The van der Waals surface area contributed by atoms with E-state index in [4.69, 9.17) is 0 Å². The zero-order valence-electron chi connectivity index (χ0n) is 13.4. The van der Waals surface area contributed by atoms with E-state index < -0.39 is 0 Å². The first-order chi connectivity index (χ1) is 11.8. The fraction of sp³-hybridized carbons (Fsp3) is 0.316. The third-order valence-electron chi connectivity index (χ3n) is 4.51. The van der Waals surface area contributed by atoms with E-state index in [-0.39, 0.29) is 5.91 Å². The second kappa shape index (κ2) is 6.69. The lowest BCUT2D eigenvalue weighted by Gasteiger charge is -2.07. The highest BCUT2D eigenvalue weighted by Crippen LogP contribution is 2.35. The zero-order chi connectivity index (χ0) is 16.4.